The summed E-state index contributed by atoms with van der Waals surface area (Å²) < 4.78 is 12.3. The lowest BCUT2D eigenvalue weighted by Gasteiger charge is -2.22. The van der Waals surface area contributed by atoms with E-state index in [1.807, 2.05) is 24.3 Å². The monoisotopic (exact) mass is 313 g/mol. The van der Waals surface area contributed by atoms with E-state index in [4.69, 9.17) is 9.47 Å². The normalized spacial score (nSPS) is 19.7. The van der Waals surface area contributed by atoms with Crippen LogP contribution in [0.5, 0.6) is 0 Å². The zero-order valence-corrected chi connectivity index (χ0v) is 12.1. The van der Waals surface area contributed by atoms with Crippen molar-refractivity contribution in [3.63, 3.8) is 0 Å². The van der Waals surface area contributed by atoms with Crippen molar-refractivity contribution in [1.29, 1.82) is 0 Å². The Kier molecular flexibility index (Phi) is 5.97. The molecule has 0 radical (unpaired) electrons. The Morgan fingerprint density at radius 2 is 2.11 bits per heavy atom. The van der Waals surface area contributed by atoms with Crippen LogP contribution in [-0.4, -0.2) is 32.5 Å². The lowest BCUT2D eigenvalue weighted by Crippen LogP contribution is -2.25. The van der Waals surface area contributed by atoms with Crippen LogP contribution >= 0.6 is 15.9 Å². The SMILES string of the molecule is Brc1ccc(NCCOCC2CCCCO2)cc1. The molecule has 1 aliphatic rings. The molecule has 3 nitrogen and oxygen atoms in total. The summed E-state index contributed by atoms with van der Waals surface area (Å²) in [5.41, 5.74) is 1.12. The van der Waals surface area contributed by atoms with Crippen LogP contribution in [0, 0.1) is 0 Å². The highest BCUT2D eigenvalue weighted by Gasteiger charge is 2.13. The topological polar surface area (TPSA) is 30.5 Å². The van der Waals surface area contributed by atoms with Crippen molar-refractivity contribution >= 4 is 21.6 Å². The number of hydrogen-bond acceptors (Lipinski definition) is 3. The summed E-state index contributed by atoms with van der Waals surface area (Å²) in [6, 6.07) is 8.15. The summed E-state index contributed by atoms with van der Waals surface area (Å²) >= 11 is 3.42. The Bertz CT molecular complexity index is 336. The van der Waals surface area contributed by atoms with Crippen LogP contribution in [0.1, 0.15) is 19.3 Å². The van der Waals surface area contributed by atoms with Crippen molar-refractivity contribution in [2.24, 2.45) is 0 Å². The Hall–Kier alpha value is -0.580. The summed E-state index contributed by atoms with van der Waals surface area (Å²) in [5, 5.41) is 3.32. The van der Waals surface area contributed by atoms with Gasteiger partial charge in [-0.15, -0.1) is 0 Å². The van der Waals surface area contributed by atoms with Gasteiger partial charge >= 0.3 is 0 Å². The van der Waals surface area contributed by atoms with Crippen molar-refractivity contribution < 1.29 is 9.47 Å². The third-order valence-corrected chi connectivity index (χ3v) is 3.53. The minimum Gasteiger partial charge on any atom is -0.383 e. The van der Waals surface area contributed by atoms with Crippen LogP contribution < -0.4 is 5.32 Å². The second-order valence-corrected chi connectivity index (χ2v) is 5.41. The molecule has 1 saturated heterocycles. The Balaban J connectivity index is 1.54. The molecular formula is C14H20BrNO2. The van der Waals surface area contributed by atoms with E-state index in [2.05, 4.69) is 21.2 Å². The molecule has 0 aliphatic carbocycles. The molecule has 0 bridgehead atoms. The fourth-order valence-electron chi connectivity index (χ4n) is 1.99. The van der Waals surface area contributed by atoms with Gasteiger partial charge in [-0.1, -0.05) is 15.9 Å². The van der Waals surface area contributed by atoms with E-state index in [0.29, 0.717) is 6.10 Å². The van der Waals surface area contributed by atoms with Crippen molar-refractivity contribution in [2.45, 2.75) is 25.4 Å². The minimum atomic E-state index is 0.312. The molecule has 0 amide bonds. The largest absolute Gasteiger partial charge is 0.383 e. The van der Waals surface area contributed by atoms with E-state index in [0.717, 1.165) is 42.9 Å². The zero-order chi connectivity index (χ0) is 12.6. The number of nitrogens with one attached hydrogen (secondary N) is 1. The minimum absolute atomic E-state index is 0.312. The predicted octanol–water partition coefficient (Wildman–Crippen LogP) is 3.45. The second-order valence-electron chi connectivity index (χ2n) is 4.50. The van der Waals surface area contributed by atoms with E-state index in [1.165, 1.54) is 12.8 Å². The van der Waals surface area contributed by atoms with Crippen LogP contribution in [0.4, 0.5) is 5.69 Å². The molecule has 100 valence electrons. The van der Waals surface area contributed by atoms with Gasteiger partial charge in [-0.3, -0.25) is 0 Å². The summed E-state index contributed by atoms with van der Waals surface area (Å²) in [4.78, 5) is 0. The molecule has 1 aromatic carbocycles. The van der Waals surface area contributed by atoms with Crippen LogP contribution in [-0.2, 0) is 9.47 Å². The van der Waals surface area contributed by atoms with Crippen molar-refractivity contribution in [1.82, 2.24) is 0 Å². The van der Waals surface area contributed by atoms with Gasteiger partial charge in [0, 0.05) is 23.3 Å². The lowest BCUT2D eigenvalue weighted by molar-refractivity contribution is -0.0387. The first-order chi connectivity index (χ1) is 8.84. The fraction of sp³-hybridized carbons (Fsp3) is 0.571. The number of ether oxygens (including phenoxy) is 2. The lowest BCUT2D eigenvalue weighted by atomic mass is 10.1. The molecule has 1 fully saturated rings. The summed E-state index contributed by atoms with van der Waals surface area (Å²) in [6.45, 7) is 3.16. The highest BCUT2D eigenvalue weighted by atomic mass is 79.9. The molecule has 0 aromatic heterocycles. The van der Waals surface area contributed by atoms with Crippen LogP contribution in [0.25, 0.3) is 0 Å². The van der Waals surface area contributed by atoms with Gasteiger partial charge in [-0.2, -0.15) is 0 Å². The van der Waals surface area contributed by atoms with Crippen molar-refractivity contribution in [2.75, 3.05) is 31.7 Å². The number of rotatable bonds is 6. The molecule has 1 aromatic rings. The average Bonchev–Trinajstić information content (AvgIpc) is 2.42. The Morgan fingerprint density at radius 1 is 1.28 bits per heavy atom. The zero-order valence-electron chi connectivity index (χ0n) is 10.5. The van der Waals surface area contributed by atoms with E-state index in [9.17, 15) is 0 Å². The van der Waals surface area contributed by atoms with Crippen LogP contribution in [0.15, 0.2) is 28.7 Å². The van der Waals surface area contributed by atoms with Crippen LogP contribution in [0.3, 0.4) is 0 Å². The maximum absolute atomic E-state index is 5.62. The third-order valence-electron chi connectivity index (χ3n) is 3.00. The molecule has 1 unspecified atom stereocenters. The molecule has 0 spiro atoms. The van der Waals surface area contributed by atoms with Gasteiger partial charge in [0.2, 0.25) is 0 Å². The summed E-state index contributed by atoms with van der Waals surface area (Å²) in [7, 11) is 0. The molecule has 1 aliphatic heterocycles. The average molecular weight is 314 g/mol. The maximum atomic E-state index is 5.62. The van der Waals surface area contributed by atoms with Gasteiger partial charge in [-0.25, -0.2) is 0 Å². The predicted molar refractivity (Wildman–Crippen MR) is 77.0 cm³/mol. The van der Waals surface area contributed by atoms with Gasteiger partial charge in [0.1, 0.15) is 0 Å². The van der Waals surface area contributed by atoms with E-state index in [1.54, 1.807) is 0 Å². The molecule has 1 atom stereocenters. The molecule has 1 N–H and O–H groups in total. The molecule has 18 heavy (non-hydrogen) atoms. The first-order valence-corrected chi connectivity index (χ1v) is 7.33. The third kappa shape index (κ3) is 4.96. The number of anilines is 1. The molecule has 4 heteroatoms. The van der Waals surface area contributed by atoms with Gasteiger partial charge in [0.15, 0.2) is 0 Å². The van der Waals surface area contributed by atoms with Crippen molar-refractivity contribution in [3.05, 3.63) is 28.7 Å². The number of benzene rings is 1. The van der Waals surface area contributed by atoms with Gasteiger partial charge in [-0.05, 0) is 43.5 Å². The smallest absolute Gasteiger partial charge is 0.0808 e. The molecule has 0 saturated carbocycles. The highest BCUT2D eigenvalue weighted by molar-refractivity contribution is 9.10. The highest BCUT2D eigenvalue weighted by Crippen LogP contribution is 2.14. The van der Waals surface area contributed by atoms with Crippen LogP contribution in [0.2, 0.25) is 0 Å². The Labute approximate surface area is 117 Å². The standard InChI is InChI=1S/C14H20BrNO2/c15-12-4-6-13(7-5-12)16-8-10-17-11-14-3-1-2-9-18-14/h4-7,14,16H,1-3,8-11H2. The van der Waals surface area contributed by atoms with E-state index < -0.39 is 0 Å². The molecular weight excluding hydrogens is 294 g/mol. The second kappa shape index (κ2) is 7.77. The summed E-state index contributed by atoms with van der Waals surface area (Å²) in [6.07, 6.45) is 3.92. The molecule has 2 rings (SSSR count). The van der Waals surface area contributed by atoms with Gasteiger partial charge in [0.05, 0.1) is 19.3 Å². The van der Waals surface area contributed by atoms with Crippen molar-refractivity contribution in [3.8, 4) is 0 Å². The van der Waals surface area contributed by atoms with E-state index >= 15 is 0 Å². The molecule has 1 heterocycles. The maximum Gasteiger partial charge on any atom is 0.0808 e. The number of hydrogen-bond donors (Lipinski definition) is 1. The van der Waals surface area contributed by atoms with E-state index in [-0.39, 0.29) is 0 Å². The fourth-order valence-corrected chi connectivity index (χ4v) is 2.25. The quantitative estimate of drug-likeness (QED) is 0.816. The summed E-state index contributed by atoms with van der Waals surface area (Å²) in [5.74, 6) is 0. The Morgan fingerprint density at radius 3 is 2.83 bits per heavy atom. The first kappa shape index (κ1) is 13.8. The first-order valence-electron chi connectivity index (χ1n) is 6.53. The number of halogens is 1. The van der Waals surface area contributed by atoms with Gasteiger partial charge < -0.3 is 14.8 Å². The van der Waals surface area contributed by atoms with Gasteiger partial charge in [0.25, 0.3) is 0 Å².